The third-order valence-corrected chi connectivity index (χ3v) is 4.38. The molecule has 1 aromatic rings. The summed E-state index contributed by atoms with van der Waals surface area (Å²) in [6, 6.07) is 2.92. The van der Waals surface area contributed by atoms with E-state index in [1.807, 2.05) is 20.8 Å². The summed E-state index contributed by atoms with van der Waals surface area (Å²) < 4.78 is 15.1. The van der Waals surface area contributed by atoms with Gasteiger partial charge in [-0.15, -0.1) is 4.72 Å². The smallest absolute Gasteiger partial charge is 0.305 e. The molecule has 19 heavy (non-hydrogen) atoms. The van der Waals surface area contributed by atoms with Crippen LogP contribution in [0.1, 0.15) is 38.8 Å². The fraction of sp³-hybridized carbons (Fsp3) is 0.500. The van der Waals surface area contributed by atoms with Crippen LogP contribution in [0.25, 0.3) is 0 Å². The van der Waals surface area contributed by atoms with Gasteiger partial charge < -0.3 is 9.66 Å². The number of aromatic nitrogens is 1. The van der Waals surface area contributed by atoms with Crippen LogP contribution < -0.4 is 4.72 Å². The second kappa shape index (κ2) is 6.69. The summed E-state index contributed by atoms with van der Waals surface area (Å²) in [6.45, 7) is 5.49. The van der Waals surface area contributed by atoms with Gasteiger partial charge in [0.25, 0.3) is 0 Å². The van der Waals surface area contributed by atoms with E-state index >= 15 is 0 Å². The van der Waals surface area contributed by atoms with Crippen molar-refractivity contribution in [1.82, 2.24) is 9.71 Å². The average Bonchev–Trinajstić information content (AvgIpc) is 2.26. The molecule has 1 unspecified atom stereocenters. The lowest BCUT2D eigenvalue weighted by molar-refractivity contribution is -0.137. The lowest BCUT2D eigenvalue weighted by Crippen LogP contribution is -2.41. The molecule has 0 radical (unpaired) electrons. The predicted octanol–water partition coefficient (Wildman–Crippen LogP) is 2.41. The Morgan fingerprint density at radius 1 is 1.63 bits per heavy atom. The summed E-state index contributed by atoms with van der Waals surface area (Å²) in [5.74, 6) is -0.948. The van der Waals surface area contributed by atoms with E-state index in [4.69, 9.17) is 5.11 Å². The van der Waals surface area contributed by atoms with Gasteiger partial charge in [0.05, 0.1) is 12.5 Å². The largest absolute Gasteiger partial charge is 0.598 e. The van der Waals surface area contributed by atoms with E-state index in [0.717, 1.165) is 5.56 Å². The van der Waals surface area contributed by atoms with Gasteiger partial charge in [-0.2, -0.15) is 0 Å². The van der Waals surface area contributed by atoms with Crippen LogP contribution in [0, 0.1) is 0 Å². The van der Waals surface area contributed by atoms with Gasteiger partial charge in [-0.25, -0.2) is 4.98 Å². The van der Waals surface area contributed by atoms with Crippen LogP contribution in [0.4, 0.5) is 0 Å². The molecule has 0 aliphatic rings. The summed E-state index contributed by atoms with van der Waals surface area (Å²) in [5, 5.41) is 8.96. The van der Waals surface area contributed by atoms with Crippen LogP contribution >= 0.6 is 15.9 Å². The van der Waals surface area contributed by atoms with E-state index in [-0.39, 0.29) is 6.42 Å². The fourth-order valence-corrected chi connectivity index (χ4v) is 2.56. The minimum atomic E-state index is -1.34. The summed E-state index contributed by atoms with van der Waals surface area (Å²) in [4.78, 5) is 14.9. The Kier molecular flexibility index (Phi) is 5.79. The molecule has 0 spiro atoms. The zero-order valence-corrected chi connectivity index (χ0v) is 13.4. The highest BCUT2D eigenvalue weighted by molar-refractivity contribution is 9.10. The van der Waals surface area contributed by atoms with E-state index in [2.05, 4.69) is 25.6 Å². The Morgan fingerprint density at radius 3 is 2.74 bits per heavy atom. The maximum atomic E-state index is 12.1. The van der Waals surface area contributed by atoms with Crippen LogP contribution in [0.3, 0.4) is 0 Å². The minimum Gasteiger partial charge on any atom is -0.598 e. The molecule has 0 saturated heterocycles. The number of rotatable bonds is 5. The van der Waals surface area contributed by atoms with E-state index in [9.17, 15) is 9.35 Å². The van der Waals surface area contributed by atoms with Crippen molar-refractivity contribution in [2.75, 3.05) is 0 Å². The first-order chi connectivity index (χ1) is 8.70. The molecule has 1 rings (SSSR count). The van der Waals surface area contributed by atoms with E-state index in [1.54, 1.807) is 18.3 Å². The Morgan fingerprint density at radius 2 is 2.26 bits per heavy atom. The third kappa shape index (κ3) is 5.48. The molecule has 1 heterocycles. The van der Waals surface area contributed by atoms with E-state index in [1.165, 1.54) is 0 Å². The summed E-state index contributed by atoms with van der Waals surface area (Å²) in [5.41, 5.74) is 0.738. The minimum absolute atomic E-state index is 0.141. The molecule has 2 N–H and O–H groups in total. The first kappa shape index (κ1) is 16.4. The Balaban J connectivity index is 2.92. The normalized spacial score (nSPS) is 15.0. The quantitative estimate of drug-likeness (QED) is 0.630. The molecule has 2 atom stereocenters. The second-order valence-electron chi connectivity index (χ2n) is 5.06. The SMILES string of the molecule is CC(C)(C)[S@+]([O-])NC(CC(=O)O)c1ccnc(Br)c1. The van der Waals surface area contributed by atoms with Gasteiger partial charge in [-0.1, -0.05) is 0 Å². The van der Waals surface area contributed by atoms with Crippen LogP contribution in [0.15, 0.2) is 22.9 Å². The van der Waals surface area contributed by atoms with Crippen LogP contribution in [-0.2, 0) is 16.2 Å². The molecule has 1 aromatic heterocycles. The Bertz CT molecular complexity index is 451. The van der Waals surface area contributed by atoms with Crippen molar-refractivity contribution in [2.45, 2.75) is 38.0 Å². The summed E-state index contributed by atoms with van der Waals surface area (Å²) in [6.07, 6.45) is 1.44. The molecule has 7 heteroatoms. The highest BCUT2D eigenvalue weighted by atomic mass is 79.9. The highest BCUT2D eigenvalue weighted by Gasteiger charge is 2.30. The van der Waals surface area contributed by atoms with Gasteiger partial charge in [0.1, 0.15) is 9.35 Å². The summed E-state index contributed by atoms with van der Waals surface area (Å²) in [7, 11) is 0. The number of carboxylic acids is 1. The van der Waals surface area contributed by atoms with Crippen molar-refractivity contribution < 1.29 is 14.5 Å². The third-order valence-electron chi connectivity index (χ3n) is 2.34. The second-order valence-corrected chi connectivity index (χ2v) is 7.87. The average molecular weight is 349 g/mol. The molecular weight excluding hydrogens is 332 g/mol. The fourth-order valence-electron chi connectivity index (χ4n) is 1.34. The van der Waals surface area contributed by atoms with Crippen molar-refractivity contribution in [2.24, 2.45) is 0 Å². The first-order valence-electron chi connectivity index (χ1n) is 5.71. The number of carbonyl (C=O) groups is 1. The number of pyridine rings is 1. The number of halogens is 1. The number of aliphatic carboxylic acids is 1. The van der Waals surface area contributed by atoms with Crippen LogP contribution in [0.5, 0.6) is 0 Å². The molecule has 0 aliphatic heterocycles. The molecule has 0 bridgehead atoms. The van der Waals surface area contributed by atoms with Gasteiger partial charge in [0.2, 0.25) is 0 Å². The maximum Gasteiger partial charge on any atom is 0.305 e. The van der Waals surface area contributed by atoms with Crippen molar-refractivity contribution in [3.05, 3.63) is 28.5 Å². The molecule has 0 saturated carbocycles. The molecule has 0 fully saturated rings. The molecule has 106 valence electrons. The number of hydrogen-bond acceptors (Lipinski definition) is 4. The van der Waals surface area contributed by atoms with Crippen molar-refractivity contribution in [3.8, 4) is 0 Å². The predicted molar refractivity (Wildman–Crippen MR) is 78.0 cm³/mol. The molecular formula is C12H17BrN2O3S. The van der Waals surface area contributed by atoms with Crippen molar-refractivity contribution >= 4 is 33.3 Å². The standard InChI is InChI=1S/C12H17BrN2O3S/c1-12(2,3)19(18)15-9(7-11(16)17)8-4-5-14-10(13)6-8/h4-6,9,15H,7H2,1-3H3,(H,16,17)/t9?,19-/m0/s1. The number of hydrogen-bond donors (Lipinski definition) is 2. The lowest BCUT2D eigenvalue weighted by Gasteiger charge is -2.27. The highest BCUT2D eigenvalue weighted by Crippen LogP contribution is 2.23. The van der Waals surface area contributed by atoms with Crippen molar-refractivity contribution in [3.63, 3.8) is 0 Å². The zero-order chi connectivity index (χ0) is 14.6. The topological polar surface area (TPSA) is 85.3 Å². The van der Waals surface area contributed by atoms with Gasteiger partial charge in [0.15, 0.2) is 0 Å². The van der Waals surface area contributed by atoms with E-state index < -0.39 is 28.1 Å². The molecule has 0 aliphatic carbocycles. The number of nitrogens with zero attached hydrogens (tertiary/aromatic N) is 1. The molecule has 0 amide bonds. The lowest BCUT2D eigenvalue weighted by atomic mass is 10.1. The van der Waals surface area contributed by atoms with Crippen LogP contribution in [0.2, 0.25) is 0 Å². The van der Waals surface area contributed by atoms with E-state index in [0.29, 0.717) is 4.60 Å². The van der Waals surface area contributed by atoms with Gasteiger partial charge >= 0.3 is 5.97 Å². The van der Waals surface area contributed by atoms with Gasteiger partial charge in [0, 0.05) is 17.6 Å². The van der Waals surface area contributed by atoms with Crippen molar-refractivity contribution in [1.29, 1.82) is 0 Å². The van der Waals surface area contributed by atoms with Gasteiger partial charge in [-0.05, 0) is 54.4 Å². The summed E-state index contributed by atoms with van der Waals surface area (Å²) >= 11 is 1.90. The number of nitrogens with one attached hydrogen (secondary N) is 1. The Hall–Kier alpha value is -0.630. The number of carboxylic acid groups (broad SMARTS) is 1. The monoisotopic (exact) mass is 348 g/mol. The molecule has 0 aromatic carbocycles. The maximum absolute atomic E-state index is 12.1. The van der Waals surface area contributed by atoms with Crippen LogP contribution in [-0.4, -0.2) is 25.4 Å². The molecule has 5 nitrogen and oxygen atoms in total. The zero-order valence-electron chi connectivity index (χ0n) is 11.0. The van der Waals surface area contributed by atoms with Gasteiger partial charge in [-0.3, -0.25) is 4.79 Å². The Labute approximate surface area is 124 Å². The first-order valence-corrected chi connectivity index (χ1v) is 7.65.